The quantitative estimate of drug-likeness (QED) is 0.815. The fourth-order valence-electron chi connectivity index (χ4n) is 1.12. The highest BCUT2D eigenvalue weighted by molar-refractivity contribution is 5.88. The summed E-state index contributed by atoms with van der Waals surface area (Å²) in [7, 11) is 0. The highest BCUT2D eigenvalue weighted by atomic mass is 16.4. The number of aromatic carboxylic acids is 1. The van der Waals surface area contributed by atoms with Gasteiger partial charge in [-0.3, -0.25) is 0 Å². The van der Waals surface area contributed by atoms with Crippen molar-refractivity contribution in [3.8, 4) is 0 Å². The van der Waals surface area contributed by atoms with Crippen LogP contribution >= 0.6 is 0 Å². The molecule has 2 N–H and O–H groups in total. The molecular weight excluding hydrogens is 206 g/mol. The SMILES string of the molecule is Cc1nc(NC(C)C(C)C)ncc1C(=O)O. The summed E-state index contributed by atoms with van der Waals surface area (Å²) in [6.07, 6.45) is 1.33. The number of aromatic nitrogens is 2. The highest BCUT2D eigenvalue weighted by Crippen LogP contribution is 2.10. The van der Waals surface area contributed by atoms with Gasteiger partial charge in [-0.25, -0.2) is 14.8 Å². The molecule has 88 valence electrons. The van der Waals surface area contributed by atoms with E-state index in [0.29, 0.717) is 17.6 Å². The van der Waals surface area contributed by atoms with Gasteiger partial charge in [-0.05, 0) is 19.8 Å². The summed E-state index contributed by atoms with van der Waals surface area (Å²) < 4.78 is 0. The Morgan fingerprint density at radius 1 is 1.44 bits per heavy atom. The van der Waals surface area contributed by atoms with E-state index in [1.54, 1.807) is 6.92 Å². The first-order valence-corrected chi connectivity index (χ1v) is 5.25. The van der Waals surface area contributed by atoms with Gasteiger partial charge in [0, 0.05) is 12.2 Å². The molecular formula is C11H17N3O2. The summed E-state index contributed by atoms with van der Waals surface area (Å²) in [4.78, 5) is 18.9. The zero-order valence-corrected chi connectivity index (χ0v) is 9.98. The van der Waals surface area contributed by atoms with Gasteiger partial charge in [0.25, 0.3) is 0 Å². The molecule has 1 rings (SSSR count). The average Bonchev–Trinajstić information content (AvgIpc) is 2.16. The third-order valence-electron chi connectivity index (χ3n) is 2.57. The van der Waals surface area contributed by atoms with E-state index in [1.807, 2.05) is 6.92 Å². The number of nitrogens with one attached hydrogen (secondary N) is 1. The summed E-state index contributed by atoms with van der Waals surface area (Å²) in [5, 5.41) is 12.0. The van der Waals surface area contributed by atoms with Gasteiger partial charge < -0.3 is 10.4 Å². The zero-order chi connectivity index (χ0) is 12.3. The van der Waals surface area contributed by atoms with E-state index in [9.17, 15) is 4.79 Å². The smallest absolute Gasteiger partial charge is 0.339 e. The third kappa shape index (κ3) is 2.92. The second-order valence-electron chi connectivity index (χ2n) is 4.17. The topological polar surface area (TPSA) is 75.1 Å². The van der Waals surface area contributed by atoms with Crippen LogP contribution < -0.4 is 5.32 Å². The van der Waals surface area contributed by atoms with Crippen LogP contribution in [0.3, 0.4) is 0 Å². The number of carboxylic acid groups (broad SMARTS) is 1. The Bertz CT molecular complexity index is 391. The minimum Gasteiger partial charge on any atom is -0.478 e. The van der Waals surface area contributed by atoms with Crippen LogP contribution in [-0.4, -0.2) is 27.1 Å². The van der Waals surface area contributed by atoms with Crippen LogP contribution in [0, 0.1) is 12.8 Å². The van der Waals surface area contributed by atoms with Crippen LogP contribution in [0.4, 0.5) is 5.95 Å². The summed E-state index contributed by atoms with van der Waals surface area (Å²) >= 11 is 0. The molecule has 0 aromatic carbocycles. The number of anilines is 1. The molecule has 0 bridgehead atoms. The predicted molar refractivity (Wildman–Crippen MR) is 61.7 cm³/mol. The molecule has 0 aliphatic rings. The van der Waals surface area contributed by atoms with Crippen molar-refractivity contribution in [3.05, 3.63) is 17.5 Å². The van der Waals surface area contributed by atoms with Crippen molar-refractivity contribution in [3.63, 3.8) is 0 Å². The van der Waals surface area contributed by atoms with E-state index in [4.69, 9.17) is 5.11 Å². The van der Waals surface area contributed by atoms with Crippen LogP contribution in [0.5, 0.6) is 0 Å². The molecule has 1 aromatic heterocycles. The van der Waals surface area contributed by atoms with Gasteiger partial charge in [-0.15, -0.1) is 0 Å². The van der Waals surface area contributed by atoms with Crippen molar-refractivity contribution in [1.29, 1.82) is 0 Å². The van der Waals surface area contributed by atoms with E-state index in [-0.39, 0.29) is 11.6 Å². The molecule has 1 aromatic rings. The molecule has 0 amide bonds. The third-order valence-corrected chi connectivity index (χ3v) is 2.57. The van der Waals surface area contributed by atoms with Gasteiger partial charge in [-0.2, -0.15) is 0 Å². The predicted octanol–water partition coefficient (Wildman–Crippen LogP) is 1.94. The van der Waals surface area contributed by atoms with E-state index >= 15 is 0 Å². The molecule has 1 heterocycles. The fraction of sp³-hybridized carbons (Fsp3) is 0.545. The van der Waals surface area contributed by atoms with Gasteiger partial charge in [0.1, 0.15) is 0 Å². The first-order chi connectivity index (χ1) is 7.41. The monoisotopic (exact) mass is 223 g/mol. The molecule has 0 spiro atoms. The molecule has 0 fully saturated rings. The number of carboxylic acids is 1. The van der Waals surface area contributed by atoms with Crippen molar-refractivity contribution < 1.29 is 9.90 Å². The lowest BCUT2D eigenvalue weighted by Gasteiger charge is -2.17. The van der Waals surface area contributed by atoms with Crippen molar-refractivity contribution in [1.82, 2.24) is 9.97 Å². The van der Waals surface area contributed by atoms with Gasteiger partial charge in [0.05, 0.1) is 11.3 Å². The second-order valence-corrected chi connectivity index (χ2v) is 4.17. The van der Waals surface area contributed by atoms with E-state index in [1.165, 1.54) is 6.20 Å². The lowest BCUT2D eigenvalue weighted by molar-refractivity contribution is 0.0695. The Balaban J connectivity index is 2.85. The van der Waals surface area contributed by atoms with Gasteiger partial charge in [-0.1, -0.05) is 13.8 Å². The van der Waals surface area contributed by atoms with Crippen molar-refractivity contribution >= 4 is 11.9 Å². The Morgan fingerprint density at radius 2 is 2.06 bits per heavy atom. The molecule has 0 aliphatic carbocycles. The Hall–Kier alpha value is -1.65. The normalized spacial score (nSPS) is 12.6. The van der Waals surface area contributed by atoms with Crippen LogP contribution in [0.2, 0.25) is 0 Å². The number of carbonyl (C=O) groups is 1. The van der Waals surface area contributed by atoms with Gasteiger partial charge >= 0.3 is 5.97 Å². The highest BCUT2D eigenvalue weighted by Gasteiger charge is 2.12. The molecule has 1 unspecified atom stereocenters. The first-order valence-electron chi connectivity index (χ1n) is 5.25. The Kier molecular flexibility index (Phi) is 3.82. The van der Waals surface area contributed by atoms with E-state index in [2.05, 4.69) is 29.1 Å². The number of hydrogen-bond donors (Lipinski definition) is 2. The molecule has 5 heteroatoms. The zero-order valence-electron chi connectivity index (χ0n) is 9.98. The van der Waals surface area contributed by atoms with Crippen LogP contribution in [-0.2, 0) is 0 Å². The summed E-state index contributed by atoms with van der Waals surface area (Å²) in [6, 6.07) is 0.245. The maximum atomic E-state index is 10.8. The van der Waals surface area contributed by atoms with Gasteiger partial charge in [0.15, 0.2) is 0 Å². The van der Waals surface area contributed by atoms with Crippen LogP contribution in [0.15, 0.2) is 6.20 Å². The van der Waals surface area contributed by atoms with E-state index in [0.717, 1.165) is 0 Å². The largest absolute Gasteiger partial charge is 0.478 e. The minimum atomic E-state index is -0.999. The van der Waals surface area contributed by atoms with Gasteiger partial charge in [0.2, 0.25) is 5.95 Å². The number of aryl methyl sites for hydroxylation is 1. The molecule has 0 saturated carbocycles. The number of rotatable bonds is 4. The summed E-state index contributed by atoms with van der Waals surface area (Å²) in [6.45, 7) is 7.89. The lowest BCUT2D eigenvalue weighted by Crippen LogP contribution is -2.23. The standard InChI is InChI=1S/C11H17N3O2/c1-6(2)7(3)13-11-12-5-9(10(15)16)8(4)14-11/h5-7H,1-4H3,(H,15,16)(H,12,13,14). The Morgan fingerprint density at radius 3 is 2.50 bits per heavy atom. The van der Waals surface area contributed by atoms with Crippen LogP contribution in [0.25, 0.3) is 0 Å². The second kappa shape index (κ2) is 4.92. The number of hydrogen-bond acceptors (Lipinski definition) is 4. The lowest BCUT2D eigenvalue weighted by atomic mass is 10.1. The molecule has 16 heavy (non-hydrogen) atoms. The first kappa shape index (κ1) is 12.4. The van der Waals surface area contributed by atoms with E-state index < -0.39 is 5.97 Å². The van der Waals surface area contributed by atoms with Crippen molar-refractivity contribution in [2.75, 3.05) is 5.32 Å². The van der Waals surface area contributed by atoms with Crippen LogP contribution in [0.1, 0.15) is 36.8 Å². The molecule has 1 atom stereocenters. The Labute approximate surface area is 94.9 Å². The molecule has 0 saturated heterocycles. The summed E-state index contributed by atoms with van der Waals surface area (Å²) in [5.41, 5.74) is 0.615. The van der Waals surface area contributed by atoms with Crippen molar-refractivity contribution in [2.45, 2.75) is 33.7 Å². The minimum absolute atomic E-state index is 0.141. The number of nitrogens with zero attached hydrogens (tertiary/aromatic N) is 2. The maximum absolute atomic E-state index is 10.8. The maximum Gasteiger partial charge on any atom is 0.339 e. The summed E-state index contributed by atoms with van der Waals surface area (Å²) in [5.74, 6) is -0.0623. The average molecular weight is 223 g/mol. The fourth-order valence-corrected chi connectivity index (χ4v) is 1.12. The van der Waals surface area contributed by atoms with Crippen molar-refractivity contribution in [2.24, 2.45) is 5.92 Å². The molecule has 5 nitrogen and oxygen atoms in total. The molecule has 0 aliphatic heterocycles. The molecule has 0 radical (unpaired) electrons.